The lowest BCUT2D eigenvalue weighted by molar-refractivity contribution is 0.190. The molecule has 0 amide bonds. The van der Waals surface area contributed by atoms with E-state index in [1.165, 1.54) is 0 Å². The standard InChI is InChI=1S/C14H14BrNO2/c1-10(17)13-4-2-3-5-14(13)18-9-11-6-12(15)8-16-7-11/h2-8,10,17H,9H2,1H3/t10-/m0/s1. The first-order valence-corrected chi connectivity index (χ1v) is 6.45. The molecule has 0 saturated carbocycles. The summed E-state index contributed by atoms with van der Waals surface area (Å²) in [5.41, 5.74) is 1.77. The van der Waals surface area contributed by atoms with Crippen LogP contribution in [0.5, 0.6) is 5.75 Å². The topological polar surface area (TPSA) is 42.4 Å². The Labute approximate surface area is 115 Å². The molecule has 1 atom stereocenters. The van der Waals surface area contributed by atoms with Crippen LogP contribution in [-0.4, -0.2) is 10.1 Å². The van der Waals surface area contributed by atoms with Crippen molar-refractivity contribution in [2.75, 3.05) is 0 Å². The fraction of sp³-hybridized carbons (Fsp3) is 0.214. The quantitative estimate of drug-likeness (QED) is 0.940. The molecular formula is C14H14BrNO2. The summed E-state index contributed by atoms with van der Waals surface area (Å²) in [6.07, 6.45) is 2.95. The Morgan fingerprint density at radius 3 is 2.83 bits per heavy atom. The Morgan fingerprint density at radius 2 is 2.11 bits per heavy atom. The number of aliphatic hydroxyl groups excluding tert-OH is 1. The van der Waals surface area contributed by atoms with Gasteiger partial charge in [-0.15, -0.1) is 0 Å². The predicted octanol–water partition coefficient (Wildman–Crippen LogP) is 3.48. The number of para-hydroxylation sites is 1. The minimum Gasteiger partial charge on any atom is -0.488 e. The average molecular weight is 308 g/mol. The Hall–Kier alpha value is -1.39. The van der Waals surface area contributed by atoms with Gasteiger partial charge in [-0.05, 0) is 35.0 Å². The summed E-state index contributed by atoms with van der Waals surface area (Å²) in [7, 11) is 0. The molecule has 4 heteroatoms. The van der Waals surface area contributed by atoms with Crippen molar-refractivity contribution in [2.24, 2.45) is 0 Å². The molecular weight excluding hydrogens is 294 g/mol. The number of hydrogen-bond acceptors (Lipinski definition) is 3. The number of benzene rings is 1. The fourth-order valence-corrected chi connectivity index (χ4v) is 2.07. The van der Waals surface area contributed by atoms with Crippen LogP contribution in [0.2, 0.25) is 0 Å². The number of hydrogen-bond donors (Lipinski definition) is 1. The van der Waals surface area contributed by atoms with Crippen LogP contribution in [0.15, 0.2) is 47.2 Å². The second-order valence-corrected chi connectivity index (χ2v) is 4.93. The molecule has 0 spiro atoms. The zero-order chi connectivity index (χ0) is 13.0. The molecule has 0 fully saturated rings. The largest absolute Gasteiger partial charge is 0.488 e. The van der Waals surface area contributed by atoms with Crippen molar-refractivity contribution >= 4 is 15.9 Å². The van der Waals surface area contributed by atoms with Crippen molar-refractivity contribution in [1.82, 2.24) is 4.98 Å². The van der Waals surface area contributed by atoms with Gasteiger partial charge in [-0.2, -0.15) is 0 Å². The van der Waals surface area contributed by atoms with E-state index in [-0.39, 0.29) is 0 Å². The normalized spacial score (nSPS) is 12.2. The van der Waals surface area contributed by atoms with Crippen molar-refractivity contribution < 1.29 is 9.84 Å². The van der Waals surface area contributed by atoms with E-state index < -0.39 is 6.10 Å². The first-order valence-electron chi connectivity index (χ1n) is 5.66. The van der Waals surface area contributed by atoms with Crippen LogP contribution in [0, 0.1) is 0 Å². The molecule has 0 bridgehead atoms. The number of aliphatic hydroxyl groups is 1. The first-order chi connectivity index (χ1) is 8.66. The van der Waals surface area contributed by atoms with Gasteiger partial charge in [0.2, 0.25) is 0 Å². The molecule has 0 saturated heterocycles. The van der Waals surface area contributed by atoms with E-state index in [0.717, 1.165) is 15.6 Å². The molecule has 0 radical (unpaired) electrons. The number of nitrogens with zero attached hydrogens (tertiary/aromatic N) is 1. The van der Waals surface area contributed by atoms with Gasteiger partial charge in [-0.1, -0.05) is 18.2 Å². The monoisotopic (exact) mass is 307 g/mol. The Morgan fingerprint density at radius 1 is 1.33 bits per heavy atom. The number of aromatic nitrogens is 1. The summed E-state index contributed by atoms with van der Waals surface area (Å²) in [5, 5.41) is 9.65. The maximum atomic E-state index is 9.65. The summed E-state index contributed by atoms with van der Waals surface area (Å²) in [6.45, 7) is 2.15. The number of halogens is 1. The van der Waals surface area contributed by atoms with Gasteiger partial charge in [-0.3, -0.25) is 4.98 Å². The number of rotatable bonds is 4. The van der Waals surface area contributed by atoms with Crippen LogP contribution in [0.25, 0.3) is 0 Å². The van der Waals surface area contributed by atoms with Crippen LogP contribution < -0.4 is 4.74 Å². The van der Waals surface area contributed by atoms with E-state index in [0.29, 0.717) is 12.4 Å². The average Bonchev–Trinajstić information content (AvgIpc) is 2.37. The summed E-state index contributed by atoms with van der Waals surface area (Å²) in [5.74, 6) is 0.701. The van der Waals surface area contributed by atoms with Gasteiger partial charge >= 0.3 is 0 Å². The van der Waals surface area contributed by atoms with Crippen molar-refractivity contribution in [1.29, 1.82) is 0 Å². The molecule has 2 rings (SSSR count). The minimum atomic E-state index is -0.540. The van der Waals surface area contributed by atoms with Crippen LogP contribution in [-0.2, 0) is 6.61 Å². The van der Waals surface area contributed by atoms with Crippen LogP contribution in [0.1, 0.15) is 24.2 Å². The van der Waals surface area contributed by atoms with Crippen molar-refractivity contribution in [3.05, 3.63) is 58.3 Å². The number of ether oxygens (including phenoxy) is 1. The molecule has 2 aromatic rings. The van der Waals surface area contributed by atoms with E-state index in [2.05, 4.69) is 20.9 Å². The van der Waals surface area contributed by atoms with E-state index in [4.69, 9.17) is 4.74 Å². The molecule has 3 nitrogen and oxygen atoms in total. The fourth-order valence-electron chi connectivity index (χ4n) is 1.65. The molecule has 1 aromatic carbocycles. The van der Waals surface area contributed by atoms with Crippen molar-refractivity contribution in [2.45, 2.75) is 19.6 Å². The van der Waals surface area contributed by atoms with Gasteiger partial charge in [0.1, 0.15) is 12.4 Å². The Bertz CT molecular complexity index is 529. The summed E-state index contributed by atoms with van der Waals surface area (Å²) in [4.78, 5) is 4.08. The lowest BCUT2D eigenvalue weighted by Crippen LogP contribution is -2.01. The van der Waals surface area contributed by atoms with E-state index in [1.54, 1.807) is 19.3 Å². The molecule has 1 aromatic heterocycles. The first kappa shape index (κ1) is 13.1. The van der Waals surface area contributed by atoms with Gasteiger partial charge in [0.25, 0.3) is 0 Å². The van der Waals surface area contributed by atoms with Gasteiger partial charge in [0, 0.05) is 28.0 Å². The Kier molecular flexibility index (Phi) is 4.33. The lowest BCUT2D eigenvalue weighted by Gasteiger charge is -2.13. The van der Waals surface area contributed by atoms with Crippen molar-refractivity contribution in [3.63, 3.8) is 0 Å². The Balaban J connectivity index is 2.11. The predicted molar refractivity (Wildman–Crippen MR) is 73.3 cm³/mol. The molecule has 0 unspecified atom stereocenters. The zero-order valence-electron chi connectivity index (χ0n) is 10.0. The van der Waals surface area contributed by atoms with Gasteiger partial charge in [0.15, 0.2) is 0 Å². The SMILES string of the molecule is C[C@H](O)c1ccccc1OCc1cncc(Br)c1. The third-order valence-corrected chi connectivity index (χ3v) is 2.96. The summed E-state index contributed by atoms with van der Waals surface area (Å²) < 4.78 is 6.64. The molecule has 0 aliphatic rings. The molecule has 0 aliphatic heterocycles. The van der Waals surface area contributed by atoms with E-state index in [1.807, 2.05) is 30.3 Å². The minimum absolute atomic E-state index is 0.427. The highest BCUT2D eigenvalue weighted by atomic mass is 79.9. The second kappa shape index (κ2) is 5.98. The molecule has 94 valence electrons. The highest BCUT2D eigenvalue weighted by Gasteiger charge is 2.08. The summed E-state index contributed by atoms with van der Waals surface area (Å²) in [6, 6.07) is 9.45. The van der Waals surface area contributed by atoms with Crippen LogP contribution in [0.4, 0.5) is 0 Å². The maximum Gasteiger partial charge on any atom is 0.125 e. The zero-order valence-corrected chi connectivity index (χ0v) is 11.6. The lowest BCUT2D eigenvalue weighted by atomic mass is 10.1. The van der Waals surface area contributed by atoms with Crippen LogP contribution >= 0.6 is 15.9 Å². The van der Waals surface area contributed by atoms with Gasteiger partial charge < -0.3 is 9.84 Å². The second-order valence-electron chi connectivity index (χ2n) is 4.01. The molecule has 1 heterocycles. The highest BCUT2D eigenvalue weighted by molar-refractivity contribution is 9.10. The third kappa shape index (κ3) is 3.31. The number of pyridine rings is 1. The molecule has 1 N–H and O–H groups in total. The van der Waals surface area contributed by atoms with E-state index in [9.17, 15) is 5.11 Å². The molecule has 0 aliphatic carbocycles. The van der Waals surface area contributed by atoms with Gasteiger partial charge in [-0.25, -0.2) is 0 Å². The van der Waals surface area contributed by atoms with Gasteiger partial charge in [0.05, 0.1) is 6.10 Å². The highest BCUT2D eigenvalue weighted by Crippen LogP contribution is 2.25. The van der Waals surface area contributed by atoms with Crippen LogP contribution in [0.3, 0.4) is 0 Å². The van der Waals surface area contributed by atoms with E-state index >= 15 is 0 Å². The maximum absolute atomic E-state index is 9.65. The smallest absolute Gasteiger partial charge is 0.125 e. The molecule has 18 heavy (non-hydrogen) atoms. The third-order valence-electron chi connectivity index (χ3n) is 2.52. The van der Waals surface area contributed by atoms with Crippen molar-refractivity contribution in [3.8, 4) is 5.75 Å². The summed E-state index contributed by atoms with van der Waals surface area (Å²) >= 11 is 3.37.